The zero-order valence-corrected chi connectivity index (χ0v) is 14.2. The van der Waals surface area contributed by atoms with Crippen LogP contribution in [0.25, 0.3) is 0 Å². The van der Waals surface area contributed by atoms with E-state index >= 15 is 0 Å². The van der Waals surface area contributed by atoms with Gasteiger partial charge in [-0.3, -0.25) is 4.79 Å². The lowest BCUT2D eigenvalue weighted by molar-refractivity contribution is -0.121. The molecule has 22 heavy (non-hydrogen) atoms. The van der Waals surface area contributed by atoms with E-state index in [0.29, 0.717) is 11.6 Å². The van der Waals surface area contributed by atoms with E-state index in [0.717, 1.165) is 5.56 Å². The zero-order chi connectivity index (χ0) is 16.4. The number of allylic oxidation sites excluding steroid dienone is 1. The maximum atomic E-state index is 12.0. The van der Waals surface area contributed by atoms with Crippen LogP contribution in [0.1, 0.15) is 25.8 Å². The summed E-state index contributed by atoms with van der Waals surface area (Å²) < 4.78 is 22.7. The molecule has 0 saturated carbocycles. The number of halogens is 1. The van der Waals surface area contributed by atoms with Gasteiger partial charge in [0.1, 0.15) is 0 Å². The van der Waals surface area contributed by atoms with Gasteiger partial charge in [-0.1, -0.05) is 49.7 Å². The van der Waals surface area contributed by atoms with Gasteiger partial charge < -0.3 is 5.32 Å². The molecule has 1 amide bonds. The van der Waals surface area contributed by atoms with Crippen molar-refractivity contribution in [2.24, 2.45) is 5.92 Å². The van der Waals surface area contributed by atoms with Gasteiger partial charge in [-0.2, -0.15) is 0 Å². The molecule has 4 nitrogen and oxygen atoms in total. The Balaban J connectivity index is 1.91. The number of benzene rings is 1. The molecule has 1 heterocycles. The topological polar surface area (TPSA) is 63.2 Å². The fraction of sp³-hybridized carbons (Fsp3) is 0.438. The Morgan fingerprint density at radius 3 is 2.64 bits per heavy atom. The smallest absolute Gasteiger partial charge is 0.220 e. The van der Waals surface area contributed by atoms with Crippen LogP contribution in [0.5, 0.6) is 0 Å². The number of nitrogens with one attached hydrogen (secondary N) is 1. The lowest BCUT2D eigenvalue weighted by Crippen LogP contribution is -2.37. The molecule has 120 valence electrons. The molecule has 1 aromatic carbocycles. The van der Waals surface area contributed by atoms with Crippen LogP contribution in [0.2, 0.25) is 5.02 Å². The summed E-state index contributed by atoms with van der Waals surface area (Å²) in [7, 11) is -3.11. The predicted molar refractivity (Wildman–Crippen MR) is 88.5 cm³/mol. The minimum Gasteiger partial charge on any atom is -0.355 e. The molecule has 6 heteroatoms. The summed E-state index contributed by atoms with van der Waals surface area (Å²) in [6.07, 6.45) is 1.78. The third-order valence-corrected chi connectivity index (χ3v) is 5.58. The second-order valence-electron chi connectivity index (χ2n) is 6.26. The lowest BCUT2D eigenvalue weighted by Gasteiger charge is -2.27. The largest absolute Gasteiger partial charge is 0.355 e. The molecule has 0 spiro atoms. The van der Waals surface area contributed by atoms with Crippen molar-refractivity contribution in [3.8, 4) is 0 Å². The minimum absolute atomic E-state index is 0.0221. The van der Waals surface area contributed by atoms with Crippen molar-refractivity contribution < 1.29 is 13.2 Å². The van der Waals surface area contributed by atoms with Crippen molar-refractivity contribution in [3.05, 3.63) is 46.3 Å². The van der Waals surface area contributed by atoms with Crippen molar-refractivity contribution in [1.82, 2.24) is 5.32 Å². The molecule has 1 atom stereocenters. The average Bonchev–Trinajstić information content (AvgIpc) is 2.76. The molecule has 0 radical (unpaired) electrons. The molecule has 1 aliphatic rings. The Morgan fingerprint density at radius 1 is 1.36 bits per heavy atom. The van der Waals surface area contributed by atoms with Crippen molar-refractivity contribution >= 4 is 27.3 Å². The van der Waals surface area contributed by atoms with Gasteiger partial charge in [-0.15, -0.1) is 0 Å². The van der Waals surface area contributed by atoms with Gasteiger partial charge in [0.15, 0.2) is 9.84 Å². The van der Waals surface area contributed by atoms with Crippen LogP contribution in [0.4, 0.5) is 0 Å². The molecule has 0 saturated heterocycles. The molecule has 0 bridgehead atoms. The highest BCUT2D eigenvalue weighted by Gasteiger charge is 2.26. The molecule has 1 aromatic rings. The van der Waals surface area contributed by atoms with E-state index in [1.807, 2.05) is 38.1 Å². The Hall–Kier alpha value is -1.33. The average molecular weight is 342 g/mol. The van der Waals surface area contributed by atoms with Gasteiger partial charge in [-0.25, -0.2) is 8.42 Å². The molecule has 0 fully saturated rings. The fourth-order valence-electron chi connectivity index (χ4n) is 2.50. The fourth-order valence-corrected chi connectivity index (χ4v) is 4.29. The minimum atomic E-state index is -3.11. The van der Waals surface area contributed by atoms with E-state index in [1.165, 1.54) is 5.41 Å². The number of sulfone groups is 1. The normalized spacial score (nSPS) is 20.0. The first kappa shape index (κ1) is 17.0. The van der Waals surface area contributed by atoms with E-state index in [1.54, 1.807) is 6.08 Å². The lowest BCUT2D eigenvalue weighted by atomic mass is 9.84. The molecule has 1 N–H and O–H groups in total. The number of hydrogen-bond acceptors (Lipinski definition) is 3. The molecular weight excluding hydrogens is 322 g/mol. The predicted octanol–water partition coefficient (Wildman–Crippen LogP) is 2.68. The summed E-state index contributed by atoms with van der Waals surface area (Å²) in [6, 6.07) is 7.56. The van der Waals surface area contributed by atoms with E-state index < -0.39 is 9.84 Å². The standard InChI is InChI=1S/C16H20ClNO3S/c1-16(2,13-5-3-4-6-14(13)17)11-18-15(19)9-12-7-8-22(20,21)10-12/h3-8,12H,9-11H2,1-2H3,(H,18,19)/t12-/m0/s1. The van der Waals surface area contributed by atoms with Gasteiger partial charge in [-0.05, 0) is 11.6 Å². The number of carbonyl (C=O) groups excluding carboxylic acids is 1. The first-order valence-electron chi connectivity index (χ1n) is 7.12. The highest BCUT2D eigenvalue weighted by molar-refractivity contribution is 7.94. The van der Waals surface area contributed by atoms with E-state index in [4.69, 9.17) is 11.6 Å². The van der Waals surface area contributed by atoms with Gasteiger partial charge in [0.2, 0.25) is 5.91 Å². The maximum Gasteiger partial charge on any atom is 0.220 e. The van der Waals surface area contributed by atoms with Crippen molar-refractivity contribution in [2.45, 2.75) is 25.7 Å². The molecule has 0 unspecified atom stereocenters. The number of amides is 1. The van der Waals surface area contributed by atoms with Crippen LogP contribution < -0.4 is 5.32 Å². The van der Waals surface area contributed by atoms with Crippen LogP contribution in [0.3, 0.4) is 0 Å². The zero-order valence-electron chi connectivity index (χ0n) is 12.7. The van der Waals surface area contributed by atoms with Crippen LogP contribution in [-0.4, -0.2) is 26.6 Å². The van der Waals surface area contributed by atoms with Gasteiger partial charge in [0.05, 0.1) is 5.75 Å². The van der Waals surface area contributed by atoms with Crippen molar-refractivity contribution in [2.75, 3.05) is 12.3 Å². The van der Waals surface area contributed by atoms with Crippen LogP contribution in [-0.2, 0) is 20.0 Å². The maximum absolute atomic E-state index is 12.0. The Morgan fingerprint density at radius 2 is 2.05 bits per heavy atom. The highest BCUT2D eigenvalue weighted by Crippen LogP contribution is 2.29. The van der Waals surface area contributed by atoms with E-state index in [9.17, 15) is 13.2 Å². The quantitative estimate of drug-likeness (QED) is 0.895. The third kappa shape index (κ3) is 4.34. The number of hydrogen-bond donors (Lipinski definition) is 1. The third-order valence-electron chi connectivity index (χ3n) is 3.78. The van der Waals surface area contributed by atoms with E-state index in [2.05, 4.69) is 5.32 Å². The Labute approximate surface area is 136 Å². The summed E-state index contributed by atoms with van der Waals surface area (Å²) in [4.78, 5) is 12.0. The monoisotopic (exact) mass is 341 g/mol. The second kappa shape index (κ2) is 6.42. The first-order chi connectivity index (χ1) is 10.2. The summed E-state index contributed by atoms with van der Waals surface area (Å²) in [5.41, 5.74) is 0.673. The Bertz CT molecular complexity index is 695. The Kier molecular flexibility index (Phi) is 4.97. The molecule has 1 aliphatic heterocycles. The molecule has 0 aromatic heterocycles. The number of carbonyl (C=O) groups is 1. The van der Waals surface area contributed by atoms with E-state index in [-0.39, 0.29) is 29.4 Å². The molecule has 2 rings (SSSR count). The van der Waals surface area contributed by atoms with Crippen LogP contribution >= 0.6 is 11.6 Å². The van der Waals surface area contributed by atoms with Gasteiger partial charge >= 0.3 is 0 Å². The second-order valence-corrected chi connectivity index (χ2v) is 8.60. The molecule has 0 aliphatic carbocycles. The summed E-state index contributed by atoms with van der Waals surface area (Å²) in [5, 5.41) is 4.74. The van der Waals surface area contributed by atoms with Gasteiger partial charge in [0.25, 0.3) is 0 Å². The van der Waals surface area contributed by atoms with Crippen molar-refractivity contribution in [1.29, 1.82) is 0 Å². The summed E-state index contributed by atoms with van der Waals surface area (Å²) in [5.74, 6) is -0.353. The molecular formula is C16H20ClNO3S. The first-order valence-corrected chi connectivity index (χ1v) is 9.22. The van der Waals surface area contributed by atoms with Crippen LogP contribution in [0, 0.1) is 5.92 Å². The van der Waals surface area contributed by atoms with Crippen molar-refractivity contribution in [3.63, 3.8) is 0 Å². The summed E-state index contributed by atoms with van der Waals surface area (Å²) in [6.45, 7) is 4.46. The number of rotatable bonds is 5. The summed E-state index contributed by atoms with van der Waals surface area (Å²) >= 11 is 6.20. The van der Waals surface area contributed by atoms with Crippen LogP contribution in [0.15, 0.2) is 35.7 Å². The van der Waals surface area contributed by atoms with Gasteiger partial charge in [0, 0.05) is 34.7 Å². The SMILES string of the molecule is CC(C)(CNC(=O)C[C@@H]1C=CS(=O)(=O)C1)c1ccccc1Cl. The highest BCUT2D eigenvalue weighted by atomic mass is 35.5.